The molecule has 0 saturated heterocycles. The second kappa shape index (κ2) is 4.65. The van der Waals surface area contributed by atoms with Crippen molar-refractivity contribution in [3.8, 4) is 0 Å². The quantitative estimate of drug-likeness (QED) is 0.850. The van der Waals surface area contributed by atoms with Gasteiger partial charge in [0, 0.05) is 25.1 Å². The number of carbonyl (C=O) groups excluding carboxylic acids is 1. The van der Waals surface area contributed by atoms with Crippen LogP contribution in [0.1, 0.15) is 15.2 Å². The van der Waals surface area contributed by atoms with Crippen molar-refractivity contribution in [1.82, 2.24) is 14.7 Å². The molecule has 0 aliphatic rings. The minimum atomic E-state index is -0.0886. The van der Waals surface area contributed by atoms with E-state index in [1.165, 1.54) is 11.5 Å². The Hall–Kier alpha value is -1.75. The molecule has 2 heterocycles. The van der Waals surface area contributed by atoms with Crippen molar-refractivity contribution in [1.29, 1.82) is 0 Å². The van der Waals surface area contributed by atoms with Gasteiger partial charge in [0.05, 0.1) is 0 Å². The van der Waals surface area contributed by atoms with E-state index in [-0.39, 0.29) is 5.91 Å². The van der Waals surface area contributed by atoms with Crippen LogP contribution in [0, 0.1) is 0 Å². The van der Waals surface area contributed by atoms with Crippen LogP contribution in [0.15, 0.2) is 36.8 Å². The first kappa shape index (κ1) is 9.79. The molecule has 5 heteroatoms. The lowest BCUT2D eigenvalue weighted by Crippen LogP contribution is -2.21. The molecule has 0 bridgehead atoms. The predicted molar refractivity (Wildman–Crippen MR) is 57.5 cm³/mol. The number of nitrogens with one attached hydrogen (secondary N) is 1. The molecule has 76 valence electrons. The van der Waals surface area contributed by atoms with Crippen molar-refractivity contribution in [2.45, 2.75) is 6.54 Å². The largest absolute Gasteiger partial charge is 0.347 e. The lowest BCUT2D eigenvalue weighted by atomic mass is 10.3. The number of amides is 1. The Labute approximate surface area is 91.2 Å². The van der Waals surface area contributed by atoms with E-state index in [1.807, 2.05) is 12.1 Å². The van der Waals surface area contributed by atoms with Gasteiger partial charge >= 0.3 is 0 Å². The van der Waals surface area contributed by atoms with E-state index in [0.29, 0.717) is 11.4 Å². The average molecular weight is 219 g/mol. The first-order valence-corrected chi connectivity index (χ1v) is 5.21. The van der Waals surface area contributed by atoms with Crippen LogP contribution in [-0.2, 0) is 6.54 Å². The van der Waals surface area contributed by atoms with Gasteiger partial charge in [0.1, 0.15) is 4.88 Å². The zero-order valence-electron chi connectivity index (χ0n) is 7.88. The van der Waals surface area contributed by atoms with Crippen molar-refractivity contribution >= 4 is 17.4 Å². The van der Waals surface area contributed by atoms with Gasteiger partial charge in [-0.25, -0.2) is 4.37 Å². The summed E-state index contributed by atoms with van der Waals surface area (Å²) in [5.74, 6) is -0.0886. The number of nitrogens with zero attached hydrogens (tertiary/aromatic N) is 2. The Bertz CT molecular complexity index is 427. The summed E-state index contributed by atoms with van der Waals surface area (Å²) >= 11 is 1.19. The predicted octanol–water partition coefficient (Wildman–Crippen LogP) is 1.47. The Morgan fingerprint density at radius 1 is 1.27 bits per heavy atom. The molecular weight excluding hydrogens is 210 g/mol. The highest BCUT2D eigenvalue weighted by Gasteiger charge is 2.05. The Balaban J connectivity index is 1.92. The van der Waals surface area contributed by atoms with Gasteiger partial charge in [0.2, 0.25) is 0 Å². The zero-order valence-corrected chi connectivity index (χ0v) is 8.70. The SMILES string of the molecule is O=C(NCc1ccncc1)c1ccns1. The van der Waals surface area contributed by atoms with E-state index in [0.717, 1.165) is 5.56 Å². The Morgan fingerprint density at radius 3 is 2.73 bits per heavy atom. The number of rotatable bonds is 3. The van der Waals surface area contributed by atoms with Crippen LogP contribution < -0.4 is 5.32 Å². The molecule has 1 amide bonds. The number of carbonyl (C=O) groups is 1. The van der Waals surface area contributed by atoms with Gasteiger partial charge in [-0.05, 0) is 35.3 Å². The summed E-state index contributed by atoms with van der Waals surface area (Å²) in [5, 5.41) is 2.81. The van der Waals surface area contributed by atoms with Gasteiger partial charge in [-0.15, -0.1) is 0 Å². The third kappa shape index (κ3) is 2.60. The maximum atomic E-state index is 11.5. The minimum Gasteiger partial charge on any atom is -0.347 e. The first-order valence-electron chi connectivity index (χ1n) is 4.44. The van der Waals surface area contributed by atoms with E-state index in [2.05, 4.69) is 14.7 Å². The third-order valence-corrected chi connectivity index (χ3v) is 2.61. The Morgan fingerprint density at radius 2 is 2.07 bits per heavy atom. The molecule has 0 fully saturated rings. The van der Waals surface area contributed by atoms with E-state index >= 15 is 0 Å². The third-order valence-electron chi connectivity index (χ3n) is 1.86. The molecule has 0 aromatic carbocycles. The van der Waals surface area contributed by atoms with Crippen molar-refractivity contribution in [2.75, 3.05) is 0 Å². The maximum absolute atomic E-state index is 11.5. The average Bonchev–Trinajstić information content (AvgIpc) is 2.81. The van der Waals surface area contributed by atoms with Gasteiger partial charge in [0.25, 0.3) is 5.91 Å². The summed E-state index contributed by atoms with van der Waals surface area (Å²) in [6, 6.07) is 5.44. The fourth-order valence-corrected chi connectivity index (χ4v) is 1.62. The van der Waals surface area contributed by atoms with Crippen LogP contribution in [-0.4, -0.2) is 15.3 Å². The van der Waals surface area contributed by atoms with Crippen LogP contribution in [0.4, 0.5) is 0 Å². The molecular formula is C10H9N3OS. The molecule has 2 rings (SSSR count). The summed E-state index contributed by atoms with van der Waals surface area (Å²) in [6.45, 7) is 0.513. The number of pyridine rings is 1. The van der Waals surface area contributed by atoms with Crippen LogP contribution in [0.3, 0.4) is 0 Å². The van der Waals surface area contributed by atoms with Crippen LogP contribution >= 0.6 is 11.5 Å². The number of aromatic nitrogens is 2. The Kier molecular flexibility index (Phi) is 3.04. The topological polar surface area (TPSA) is 54.9 Å². The van der Waals surface area contributed by atoms with Crippen molar-refractivity contribution < 1.29 is 4.79 Å². The van der Waals surface area contributed by atoms with Gasteiger partial charge in [-0.2, -0.15) is 0 Å². The molecule has 4 nitrogen and oxygen atoms in total. The second-order valence-electron chi connectivity index (χ2n) is 2.91. The number of hydrogen-bond donors (Lipinski definition) is 1. The van der Waals surface area contributed by atoms with Crippen molar-refractivity contribution in [3.63, 3.8) is 0 Å². The molecule has 0 aliphatic heterocycles. The lowest BCUT2D eigenvalue weighted by molar-refractivity contribution is 0.0955. The summed E-state index contributed by atoms with van der Waals surface area (Å²) in [7, 11) is 0. The maximum Gasteiger partial charge on any atom is 0.263 e. The molecule has 0 unspecified atom stereocenters. The van der Waals surface area contributed by atoms with Crippen molar-refractivity contribution in [3.05, 3.63) is 47.2 Å². The second-order valence-corrected chi connectivity index (χ2v) is 3.75. The molecule has 0 aliphatic carbocycles. The summed E-state index contributed by atoms with van der Waals surface area (Å²) in [6.07, 6.45) is 5.02. The molecule has 2 aromatic heterocycles. The molecule has 0 saturated carbocycles. The number of hydrogen-bond acceptors (Lipinski definition) is 4. The molecule has 2 aromatic rings. The lowest BCUT2D eigenvalue weighted by Gasteiger charge is -2.02. The minimum absolute atomic E-state index is 0.0886. The van der Waals surface area contributed by atoms with Gasteiger partial charge in [0.15, 0.2) is 0 Å². The van der Waals surface area contributed by atoms with Gasteiger partial charge in [-0.3, -0.25) is 9.78 Å². The van der Waals surface area contributed by atoms with E-state index < -0.39 is 0 Å². The van der Waals surface area contributed by atoms with Crippen LogP contribution in [0.25, 0.3) is 0 Å². The highest BCUT2D eigenvalue weighted by molar-refractivity contribution is 7.08. The summed E-state index contributed by atoms with van der Waals surface area (Å²) < 4.78 is 3.87. The smallest absolute Gasteiger partial charge is 0.263 e. The fourth-order valence-electron chi connectivity index (χ4n) is 1.10. The highest BCUT2D eigenvalue weighted by atomic mass is 32.1. The van der Waals surface area contributed by atoms with E-state index in [4.69, 9.17) is 0 Å². The highest BCUT2D eigenvalue weighted by Crippen LogP contribution is 2.04. The monoisotopic (exact) mass is 219 g/mol. The molecule has 15 heavy (non-hydrogen) atoms. The van der Waals surface area contributed by atoms with Gasteiger partial charge in [-0.1, -0.05) is 0 Å². The van der Waals surface area contributed by atoms with Crippen molar-refractivity contribution in [2.24, 2.45) is 0 Å². The normalized spacial score (nSPS) is 9.87. The fraction of sp³-hybridized carbons (Fsp3) is 0.100. The van der Waals surface area contributed by atoms with Gasteiger partial charge < -0.3 is 5.32 Å². The zero-order chi connectivity index (χ0) is 10.5. The van der Waals surface area contributed by atoms with E-state index in [9.17, 15) is 4.79 Å². The first-order chi connectivity index (χ1) is 7.36. The molecule has 0 spiro atoms. The summed E-state index contributed by atoms with van der Waals surface area (Å²) in [5.41, 5.74) is 1.03. The van der Waals surface area contributed by atoms with Crippen LogP contribution in [0.2, 0.25) is 0 Å². The molecule has 1 N–H and O–H groups in total. The molecule has 0 radical (unpaired) electrons. The van der Waals surface area contributed by atoms with E-state index in [1.54, 1.807) is 24.7 Å². The van der Waals surface area contributed by atoms with Crippen LogP contribution in [0.5, 0.6) is 0 Å². The summed E-state index contributed by atoms with van der Waals surface area (Å²) in [4.78, 5) is 16.1. The molecule has 0 atom stereocenters. The standard InChI is InChI=1S/C10H9N3OS/c14-10(9-3-6-13-15-9)12-7-8-1-4-11-5-2-8/h1-6H,7H2,(H,12,14).